The first-order chi connectivity index (χ1) is 16.9. The lowest BCUT2D eigenvalue weighted by molar-refractivity contribution is 0.388. The summed E-state index contributed by atoms with van der Waals surface area (Å²) >= 11 is 6.64. The van der Waals surface area contributed by atoms with Crippen molar-refractivity contribution in [1.29, 1.82) is 5.26 Å². The third-order valence-corrected chi connectivity index (χ3v) is 6.82. The Morgan fingerprint density at radius 1 is 1.20 bits per heavy atom. The summed E-state index contributed by atoms with van der Waals surface area (Å²) in [5, 5.41) is 11.6. The fraction of sp³-hybridized carbons (Fsp3) is 0.222. The van der Waals surface area contributed by atoms with Gasteiger partial charge in [0.1, 0.15) is 22.4 Å². The van der Waals surface area contributed by atoms with E-state index < -0.39 is 11.5 Å². The van der Waals surface area contributed by atoms with Gasteiger partial charge in [-0.3, -0.25) is 0 Å². The van der Waals surface area contributed by atoms with Gasteiger partial charge < -0.3 is 19.8 Å². The van der Waals surface area contributed by atoms with E-state index in [9.17, 15) is 10.1 Å². The third kappa shape index (κ3) is 3.58. The van der Waals surface area contributed by atoms with Gasteiger partial charge in [-0.25, -0.2) is 9.78 Å². The number of fused-ring (bicyclic) bond motifs is 4. The fourth-order valence-electron chi connectivity index (χ4n) is 4.75. The maximum Gasteiger partial charge on any atom is 0.344 e. The predicted molar refractivity (Wildman–Crippen MR) is 137 cm³/mol. The van der Waals surface area contributed by atoms with E-state index in [2.05, 4.69) is 29.8 Å². The number of rotatable bonds is 4. The number of pyridine rings is 1. The second kappa shape index (κ2) is 8.64. The van der Waals surface area contributed by atoms with Crippen molar-refractivity contribution < 1.29 is 9.15 Å². The first-order valence-electron chi connectivity index (χ1n) is 11.4. The SMILES string of the molecule is CCN(CC)c1ccc2c3c(c(=O)oc2c1)[C@H](c1cc2cccc(C)c2nc1Cl)C(C#N)=C(N)O3. The molecule has 1 aliphatic rings. The summed E-state index contributed by atoms with van der Waals surface area (Å²) in [6, 6.07) is 15.3. The Kier molecular flexibility index (Phi) is 5.62. The Morgan fingerprint density at radius 2 is 1.97 bits per heavy atom. The summed E-state index contributed by atoms with van der Waals surface area (Å²) in [6.45, 7) is 7.68. The molecule has 1 aliphatic heterocycles. The number of halogens is 1. The van der Waals surface area contributed by atoms with Gasteiger partial charge >= 0.3 is 5.63 Å². The minimum atomic E-state index is -0.878. The van der Waals surface area contributed by atoms with Crippen LogP contribution in [0.2, 0.25) is 5.15 Å². The van der Waals surface area contributed by atoms with Crippen LogP contribution in [0.15, 0.2) is 63.1 Å². The molecule has 0 radical (unpaired) electrons. The van der Waals surface area contributed by atoms with Crippen molar-refractivity contribution >= 4 is 39.2 Å². The Labute approximate surface area is 207 Å². The lowest BCUT2D eigenvalue weighted by Gasteiger charge is -2.27. The van der Waals surface area contributed by atoms with Crippen LogP contribution < -0.4 is 21.0 Å². The lowest BCUT2D eigenvalue weighted by atomic mass is 9.84. The van der Waals surface area contributed by atoms with Crippen molar-refractivity contribution in [2.75, 3.05) is 18.0 Å². The standard InChI is InChI=1S/C27H23ClN4O3/c1-4-32(5-2)16-9-10-17-20(12-16)34-27(33)22-21(19(13-29)26(30)35-24(17)22)18-11-15-8-6-7-14(3)23(15)31-25(18)28/h6-12,21H,4-5,30H2,1-3H3/t21-/m1/s1. The number of benzene rings is 2. The van der Waals surface area contributed by atoms with Gasteiger partial charge in [0.05, 0.1) is 22.4 Å². The second-order valence-corrected chi connectivity index (χ2v) is 8.78. The predicted octanol–water partition coefficient (Wildman–Crippen LogP) is 5.37. The summed E-state index contributed by atoms with van der Waals surface area (Å²) in [6.07, 6.45) is 0. The van der Waals surface area contributed by atoms with Gasteiger partial charge in [0.2, 0.25) is 5.88 Å². The quantitative estimate of drug-likeness (QED) is 0.305. The monoisotopic (exact) mass is 486 g/mol. The summed E-state index contributed by atoms with van der Waals surface area (Å²) < 4.78 is 11.6. The number of aryl methyl sites for hydroxylation is 1. The topological polar surface area (TPSA) is 105 Å². The Hall–Kier alpha value is -4.02. The van der Waals surface area contributed by atoms with Crippen LogP contribution in [0.1, 0.15) is 36.5 Å². The van der Waals surface area contributed by atoms with Crippen LogP contribution >= 0.6 is 11.6 Å². The molecule has 0 amide bonds. The van der Waals surface area contributed by atoms with Crippen LogP contribution in [0.3, 0.4) is 0 Å². The van der Waals surface area contributed by atoms with E-state index in [-0.39, 0.29) is 27.9 Å². The number of para-hydroxylation sites is 1. The molecule has 0 fully saturated rings. The van der Waals surface area contributed by atoms with E-state index in [4.69, 9.17) is 26.5 Å². The van der Waals surface area contributed by atoms with Crippen LogP contribution in [0.25, 0.3) is 21.9 Å². The molecule has 0 aliphatic carbocycles. The summed E-state index contributed by atoms with van der Waals surface area (Å²) in [7, 11) is 0. The van der Waals surface area contributed by atoms with Crippen molar-refractivity contribution in [2.24, 2.45) is 5.73 Å². The maximum atomic E-state index is 13.4. The van der Waals surface area contributed by atoms with E-state index in [0.29, 0.717) is 16.5 Å². The normalized spacial score (nSPS) is 15.1. The minimum absolute atomic E-state index is 0.0786. The Balaban J connectivity index is 1.79. The molecule has 8 heteroatoms. The van der Waals surface area contributed by atoms with E-state index >= 15 is 0 Å². The molecule has 3 heterocycles. The number of hydrogen-bond acceptors (Lipinski definition) is 7. The van der Waals surface area contributed by atoms with Gasteiger partial charge in [-0.05, 0) is 44.5 Å². The van der Waals surface area contributed by atoms with Crippen LogP contribution in [0.4, 0.5) is 5.69 Å². The zero-order valence-electron chi connectivity index (χ0n) is 19.6. The maximum absolute atomic E-state index is 13.4. The number of ether oxygens (including phenoxy) is 1. The summed E-state index contributed by atoms with van der Waals surface area (Å²) in [5.41, 5.74) is 9.36. The van der Waals surface area contributed by atoms with Gasteiger partial charge in [0, 0.05) is 35.8 Å². The molecular weight excluding hydrogens is 464 g/mol. The average molecular weight is 487 g/mol. The molecule has 7 nitrogen and oxygen atoms in total. The number of anilines is 1. The number of aromatic nitrogens is 1. The van der Waals surface area contributed by atoms with E-state index in [1.807, 2.05) is 49.4 Å². The molecule has 35 heavy (non-hydrogen) atoms. The lowest BCUT2D eigenvalue weighted by Crippen LogP contribution is -2.27. The van der Waals surface area contributed by atoms with Crippen molar-refractivity contribution in [3.63, 3.8) is 0 Å². The molecule has 2 N–H and O–H groups in total. The molecule has 4 aromatic rings. The number of nitrogens with two attached hydrogens (primary N) is 1. The van der Waals surface area contributed by atoms with Gasteiger partial charge in [-0.1, -0.05) is 29.8 Å². The largest absolute Gasteiger partial charge is 0.439 e. The molecule has 2 aromatic heterocycles. The van der Waals surface area contributed by atoms with Crippen molar-refractivity contribution in [3.05, 3.63) is 86.2 Å². The number of nitriles is 1. The Bertz CT molecular complexity index is 1630. The smallest absolute Gasteiger partial charge is 0.344 e. The molecule has 5 rings (SSSR count). The first kappa shape index (κ1) is 22.8. The molecule has 0 bridgehead atoms. The highest BCUT2D eigenvalue weighted by molar-refractivity contribution is 6.30. The zero-order valence-corrected chi connectivity index (χ0v) is 20.3. The number of allylic oxidation sites excluding steroid dienone is 1. The zero-order chi connectivity index (χ0) is 24.9. The molecule has 1 atom stereocenters. The molecule has 0 spiro atoms. The highest BCUT2D eigenvalue weighted by Gasteiger charge is 2.37. The Morgan fingerprint density at radius 3 is 2.69 bits per heavy atom. The summed E-state index contributed by atoms with van der Waals surface area (Å²) in [4.78, 5) is 20.1. The number of nitrogens with zero attached hydrogens (tertiary/aromatic N) is 3. The third-order valence-electron chi connectivity index (χ3n) is 6.52. The van der Waals surface area contributed by atoms with Crippen LogP contribution in [-0.2, 0) is 0 Å². The highest BCUT2D eigenvalue weighted by atomic mass is 35.5. The molecule has 0 saturated carbocycles. The average Bonchev–Trinajstić information content (AvgIpc) is 2.84. The van der Waals surface area contributed by atoms with Crippen LogP contribution in [0, 0.1) is 18.3 Å². The number of hydrogen-bond donors (Lipinski definition) is 1. The van der Waals surface area contributed by atoms with Crippen molar-refractivity contribution in [3.8, 4) is 11.8 Å². The highest BCUT2D eigenvalue weighted by Crippen LogP contribution is 2.46. The molecule has 2 aromatic carbocycles. The minimum Gasteiger partial charge on any atom is -0.439 e. The first-order valence-corrected chi connectivity index (χ1v) is 11.7. The van der Waals surface area contributed by atoms with Gasteiger partial charge in [-0.2, -0.15) is 5.26 Å². The molecule has 0 unspecified atom stereocenters. The molecular formula is C27H23ClN4O3. The van der Waals surface area contributed by atoms with Crippen LogP contribution in [-0.4, -0.2) is 18.1 Å². The van der Waals surface area contributed by atoms with Crippen molar-refractivity contribution in [2.45, 2.75) is 26.7 Å². The van der Waals surface area contributed by atoms with E-state index in [1.165, 1.54) is 0 Å². The summed E-state index contributed by atoms with van der Waals surface area (Å²) in [5.74, 6) is -0.689. The van der Waals surface area contributed by atoms with Crippen molar-refractivity contribution in [1.82, 2.24) is 4.98 Å². The van der Waals surface area contributed by atoms with Gasteiger partial charge in [-0.15, -0.1) is 0 Å². The molecule has 0 saturated heterocycles. The van der Waals surface area contributed by atoms with E-state index in [1.54, 1.807) is 0 Å². The van der Waals surface area contributed by atoms with Crippen LogP contribution in [0.5, 0.6) is 5.75 Å². The van der Waals surface area contributed by atoms with Gasteiger partial charge in [0.25, 0.3) is 0 Å². The fourth-order valence-corrected chi connectivity index (χ4v) is 4.99. The molecule has 176 valence electrons. The van der Waals surface area contributed by atoms with E-state index in [0.717, 1.165) is 35.2 Å². The second-order valence-electron chi connectivity index (χ2n) is 8.42. The van der Waals surface area contributed by atoms with Gasteiger partial charge in [0.15, 0.2) is 5.75 Å².